The first-order valence-corrected chi connectivity index (χ1v) is 6.79. The van der Waals surface area contributed by atoms with Gasteiger partial charge in [-0.1, -0.05) is 39.0 Å². The maximum atomic E-state index is 5.62. The Labute approximate surface area is 95.2 Å². The third-order valence-electron chi connectivity index (χ3n) is 3.63. The Morgan fingerprint density at radius 1 is 1.07 bits per heavy atom. The van der Waals surface area contributed by atoms with E-state index in [4.69, 9.17) is 5.73 Å². The topological polar surface area (TPSA) is 29.3 Å². The molecule has 0 spiro atoms. The fourth-order valence-corrected chi connectivity index (χ4v) is 2.65. The van der Waals surface area contributed by atoms with Crippen LogP contribution in [0.3, 0.4) is 0 Å². The first kappa shape index (κ1) is 13.0. The lowest BCUT2D eigenvalue weighted by Gasteiger charge is -2.27. The molecule has 0 aromatic carbocycles. The highest BCUT2D eigenvalue weighted by molar-refractivity contribution is 4.68. The maximum absolute atomic E-state index is 5.62. The summed E-state index contributed by atoms with van der Waals surface area (Å²) in [6.07, 6.45) is 10.2. The van der Waals surface area contributed by atoms with E-state index in [1.807, 2.05) is 0 Å². The predicted octanol–water partition coefficient (Wildman–Crippen LogP) is 2.63. The fourth-order valence-electron chi connectivity index (χ4n) is 2.65. The van der Waals surface area contributed by atoms with Gasteiger partial charge >= 0.3 is 0 Å². The molecule has 0 saturated heterocycles. The van der Waals surface area contributed by atoms with Crippen molar-refractivity contribution in [3.05, 3.63) is 0 Å². The summed E-state index contributed by atoms with van der Waals surface area (Å²) in [5.74, 6) is 0.941. The maximum Gasteiger partial charge on any atom is 0.0105 e. The Hall–Kier alpha value is -0.0800. The van der Waals surface area contributed by atoms with Gasteiger partial charge in [-0.05, 0) is 25.3 Å². The van der Waals surface area contributed by atoms with E-state index in [1.54, 1.807) is 0 Å². The smallest absolute Gasteiger partial charge is 0.0105 e. The van der Waals surface area contributed by atoms with Gasteiger partial charge in [0.1, 0.15) is 0 Å². The van der Waals surface area contributed by atoms with Crippen LogP contribution in [0.2, 0.25) is 0 Å². The lowest BCUT2D eigenvalue weighted by molar-refractivity contribution is 0.221. The molecule has 0 aromatic rings. The van der Waals surface area contributed by atoms with Crippen LogP contribution in [0.25, 0.3) is 0 Å². The number of rotatable bonds is 5. The van der Waals surface area contributed by atoms with Crippen LogP contribution in [0.15, 0.2) is 0 Å². The van der Waals surface area contributed by atoms with Gasteiger partial charge in [-0.15, -0.1) is 0 Å². The number of likely N-dealkylation sites (N-methyl/N-ethyl adjacent to an activating group) is 1. The summed E-state index contributed by atoms with van der Waals surface area (Å²) in [6.45, 7) is 6.58. The largest absolute Gasteiger partial charge is 0.329 e. The zero-order chi connectivity index (χ0) is 10.9. The van der Waals surface area contributed by atoms with Gasteiger partial charge < -0.3 is 10.6 Å². The molecular weight excluding hydrogens is 184 g/mol. The van der Waals surface area contributed by atoms with Crippen LogP contribution in [-0.2, 0) is 0 Å². The average molecular weight is 212 g/mol. The molecule has 1 aliphatic carbocycles. The van der Waals surface area contributed by atoms with Crippen LogP contribution in [-0.4, -0.2) is 31.1 Å². The summed E-state index contributed by atoms with van der Waals surface area (Å²) in [6, 6.07) is 0. The Kier molecular flexibility index (Phi) is 7.03. The second kappa shape index (κ2) is 8.12. The first-order chi connectivity index (χ1) is 7.36. The summed E-state index contributed by atoms with van der Waals surface area (Å²) >= 11 is 0. The van der Waals surface area contributed by atoms with Gasteiger partial charge in [0.15, 0.2) is 0 Å². The van der Waals surface area contributed by atoms with Crippen LogP contribution < -0.4 is 5.73 Å². The zero-order valence-corrected chi connectivity index (χ0v) is 10.4. The fraction of sp³-hybridized carbons (Fsp3) is 1.00. The molecule has 1 rings (SSSR count). The van der Waals surface area contributed by atoms with Gasteiger partial charge in [-0.2, -0.15) is 0 Å². The minimum atomic E-state index is 0.806. The van der Waals surface area contributed by atoms with Crippen LogP contribution >= 0.6 is 0 Å². The lowest BCUT2D eigenvalue weighted by atomic mass is 9.91. The van der Waals surface area contributed by atoms with E-state index in [0.717, 1.165) is 25.6 Å². The van der Waals surface area contributed by atoms with Crippen molar-refractivity contribution in [1.82, 2.24) is 4.90 Å². The van der Waals surface area contributed by atoms with Crippen molar-refractivity contribution in [2.75, 3.05) is 26.2 Å². The Morgan fingerprint density at radius 2 is 1.67 bits per heavy atom. The van der Waals surface area contributed by atoms with Crippen molar-refractivity contribution in [3.63, 3.8) is 0 Å². The van der Waals surface area contributed by atoms with E-state index in [1.165, 1.54) is 51.5 Å². The third kappa shape index (κ3) is 5.53. The van der Waals surface area contributed by atoms with Crippen molar-refractivity contribution >= 4 is 0 Å². The second-order valence-electron chi connectivity index (χ2n) is 4.89. The van der Waals surface area contributed by atoms with Crippen molar-refractivity contribution in [2.45, 2.75) is 51.9 Å². The second-order valence-corrected chi connectivity index (χ2v) is 4.89. The summed E-state index contributed by atoms with van der Waals surface area (Å²) in [4.78, 5) is 2.52. The molecule has 2 heteroatoms. The molecule has 0 aromatic heterocycles. The predicted molar refractivity (Wildman–Crippen MR) is 67.0 cm³/mol. The number of nitrogens with zero attached hydrogens (tertiary/aromatic N) is 1. The Bertz CT molecular complexity index is 139. The molecule has 0 aliphatic heterocycles. The molecule has 1 aliphatic rings. The first-order valence-electron chi connectivity index (χ1n) is 6.79. The summed E-state index contributed by atoms with van der Waals surface area (Å²) < 4.78 is 0. The van der Waals surface area contributed by atoms with Gasteiger partial charge in [0.05, 0.1) is 0 Å². The van der Waals surface area contributed by atoms with E-state index >= 15 is 0 Å². The van der Waals surface area contributed by atoms with E-state index in [0.29, 0.717) is 0 Å². The molecule has 0 amide bonds. The van der Waals surface area contributed by atoms with Crippen molar-refractivity contribution in [1.29, 1.82) is 0 Å². The van der Waals surface area contributed by atoms with Crippen molar-refractivity contribution in [3.8, 4) is 0 Å². The molecule has 1 saturated carbocycles. The Balaban J connectivity index is 2.26. The van der Waals surface area contributed by atoms with E-state index in [2.05, 4.69) is 11.8 Å². The van der Waals surface area contributed by atoms with E-state index in [-0.39, 0.29) is 0 Å². The van der Waals surface area contributed by atoms with Gasteiger partial charge in [-0.3, -0.25) is 0 Å². The summed E-state index contributed by atoms with van der Waals surface area (Å²) in [5.41, 5.74) is 5.62. The number of hydrogen-bond donors (Lipinski definition) is 1. The van der Waals surface area contributed by atoms with E-state index in [9.17, 15) is 0 Å². The quantitative estimate of drug-likeness (QED) is 0.759. The summed E-state index contributed by atoms with van der Waals surface area (Å²) in [5, 5.41) is 0. The standard InChI is InChI=1S/C13H28N2/c1-2-15(11-10-14)12-13-8-6-4-3-5-7-9-13/h13H,2-12,14H2,1H3. The normalized spacial score (nSPS) is 20.2. The molecule has 0 heterocycles. The highest BCUT2D eigenvalue weighted by atomic mass is 15.1. The van der Waals surface area contributed by atoms with Gasteiger partial charge in [-0.25, -0.2) is 0 Å². The molecule has 2 N–H and O–H groups in total. The number of hydrogen-bond acceptors (Lipinski definition) is 2. The minimum absolute atomic E-state index is 0.806. The summed E-state index contributed by atoms with van der Waals surface area (Å²) in [7, 11) is 0. The monoisotopic (exact) mass is 212 g/mol. The van der Waals surface area contributed by atoms with Crippen LogP contribution in [0.1, 0.15) is 51.9 Å². The van der Waals surface area contributed by atoms with Gasteiger partial charge in [0.2, 0.25) is 0 Å². The SMILES string of the molecule is CCN(CCN)CC1CCCCCCC1. The van der Waals surface area contributed by atoms with Crippen LogP contribution in [0, 0.1) is 5.92 Å². The molecular formula is C13H28N2. The molecule has 0 atom stereocenters. The third-order valence-corrected chi connectivity index (χ3v) is 3.63. The van der Waals surface area contributed by atoms with Gasteiger partial charge in [0.25, 0.3) is 0 Å². The average Bonchev–Trinajstić information content (AvgIpc) is 2.20. The zero-order valence-electron chi connectivity index (χ0n) is 10.4. The Morgan fingerprint density at radius 3 is 2.20 bits per heavy atom. The lowest BCUT2D eigenvalue weighted by Crippen LogP contribution is -2.34. The van der Waals surface area contributed by atoms with Crippen molar-refractivity contribution < 1.29 is 0 Å². The molecule has 0 bridgehead atoms. The molecule has 2 nitrogen and oxygen atoms in total. The highest BCUT2D eigenvalue weighted by Gasteiger charge is 2.14. The molecule has 90 valence electrons. The van der Waals surface area contributed by atoms with Gasteiger partial charge in [0, 0.05) is 19.6 Å². The van der Waals surface area contributed by atoms with Crippen LogP contribution in [0.5, 0.6) is 0 Å². The van der Waals surface area contributed by atoms with Crippen LogP contribution in [0.4, 0.5) is 0 Å². The molecule has 0 unspecified atom stereocenters. The minimum Gasteiger partial charge on any atom is -0.329 e. The van der Waals surface area contributed by atoms with Crippen molar-refractivity contribution in [2.24, 2.45) is 11.7 Å². The number of nitrogens with two attached hydrogens (primary N) is 1. The molecule has 0 radical (unpaired) electrons. The highest BCUT2D eigenvalue weighted by Crippen LogP contribution is 2.22. The van der Waals surface area contributed by atoms with E-state index < -0.39 is 0 Å². The molecule has 15 heavy (non-hydrogen) atoms. The molecule has 1 fully saturated rings.